The van der Waals surface area contributed by atoms with Crippen LogP contribution in [0.2, 0.25) is 0 Å². The van der Waals surface area contributed by atoms with E-state index in [0.717, 1.165) is 12.5 Å². The average molecular weight is 140 g/mol. The van der Waals surface area contributed by atoms with Crippen LogP contribution >= 0.6 is 0 Å². The van der Waals surface area contributed by atoms with E-state index >= 15 is 0 Å². The Labute approximate surface area is 60.5 Å². The molecule has 0 aromatic rings. The maximum absolute atomic E-state index is 5.43. The third-order valence-corrected chi connectivity index (χ3v) is 2.93. The highest BCUT2D eigenvalue weighted by molar-refractivity contribution is 4.96. The van der Waals surface area contributed by atoms with Crippen molar-refractivity contribution < 1.29 is 9.47 Å². The van der Waals surface area contributed by atoms with Crippen molar-refractivity contribution >= 4 is 0 Å². The SMILES string of the molecule is C1C[C@H]2O[C@H]2C[C@H]1[C@H]1CO1. The minimum absolute atomic E-state index is 0.616. The van der Waals surface area contributed by atoms with Gasteiger partial charge in [0.05, 0.1) is 24.9 Å². The van der Waals surface area contributed by atoms with Gasteiger partial charge in [0.1, 0.15) is 0 Å². The molecule has 0 amide bonds. The number of epoxide rings is 2. The van der Waals surface area contributed by atoms with Crippen molar-refractivity contribution in [3.8, 4) is 0 Å². The van der Waals surface area contributed by atoms with Gasteiger partial charge in [0.2, 0.25) is 0 Å². The average Bonchev–Trinajstić information content (AvgIpc) is 2.83. The molecule has 56 valence electrons. The highest BCUT2D eigenvalue weighted by atomic mass is 16.6. The second kappa shape index (κ2) is 1.74. The van der Waals surface area contributed by atoms with Gasteiger partial charge < -0.3 is 9.47 Å². The zero-order chi connectivity index (χ0) is 6.55. The molecule has 0 aromatic carbocycles. The van der Waals surface area contributed by atoms with Crippen LogP contribution in [0.15, 0.2) is 0 Å². The first-order valence-corrected chi connectivity index (χ1v) is 4.20. The summed E-state index contributed by atoms with van der Waals surface area (Å²) >= 11 is 0. The van der Waals surface area contributed by atoms with Crippen LogP contribution in [0.1, 0.15) is 19.3 Å². The molecule has 0 radical (unpaired) electrons. The maximum atomic E-state index is 5.43. The summed E-state index contributed by atoms with van der Waals surface area (Å²) in [7, 11) is 0. The van der Waals surface area contributed by atoms with E-state index in [-0.39, 0.29) is 0 Å². The van der Waals surface area contributed by atoms with Gasteiger partial charge in [-0.05, 0) is 25.2 Å². The highest BCUT2D eigenvalue weighted by Crippen LogP contribution is 2.43. The van der Waals surface area contributed by atoms with Gasteiger partial charge in [0.15, 0.2) is 0 Å². The molecule has 10 heavy (non-hydrogen) atoms. The molecule has 3 fully saturated rings. The van der Waals surface area contributed by atoms with Gasteiger partial charge in [-0.15, -0.1) is 0 Å². The molecule has 4 atom stereocenters. The summed E-state index contributed by atoms with van der Waals surface area (Å²) in [4.78, 5) is 0. The third-order valence-electron chi connectivity index (χ3n) is 2.93. The maximum Gasteiger partial charge on any atom is 0.0845 e. The molecule has 0 N–H and O–H groups in total. The third kappa shape index (κ3) is 0.789. The van der Waals surface area contributed by atoms with Crippen molar-refractivity contribution in [3.63, 3.8) is 0 Å². The molecule has 2 nitrogen and oxygen atoms in total. The van der Waals surface area contributed by atoms with Crippen LogP contribution in [0, 0.1) is 5.92 Å². The molecule has 0 spiro atoms. The number of fused-ring (bicyclic) bond motifs is 1. The van der Waals surface area contributed by atoms with Gasteiger partial charge in [0.25, 0.3) is 0 Å². The number of rotatable bonds is 1. The Morgan fingerprint density at radius 3 is 2.60 bits per heavy atom. The Bertz CT molecular complexity index is 153. The molecule has 2 saturated heterocycles. The quantitative estimate of drug-likeness (QED) is 0.507. The van der Waals surface area contributed by atoms with Gasteiger partial charge in [-0.3, -0.25) is 0 Å². The highest BCUT2D eigenvalue weighted by Gasteiger charge is 2.48. The van der Waals surface area contributed by atoms with Gasteiger partial charge in [-0.25, -0.2) is 0 Å². The van der Waals surface area contributed by atoms with Crippen molar-refractivity contribution in [1.82, 2.24) is 0 Å². The van der Waals surface area contributed by atoms with Crippen LogP contribution in [0.3, 0.4) is 0 Å². The van der Waals surface area contributed by atoms with E-state index in [1.165, 1.54) is 19.3 Å². The fourth-order valence-corrected chi connectivity index (χ4v) is 2.10. The smallest absolute Gasteiger partial charge is 0.0845 e. The predicted molar refractivity (Wildman–Crippen MR) is 35.7 cm³/mol. The standard InChI is InChI=1S/C8H12O2/c1-2-6-7(10-6)3-5(1)8-4-9-8/h5-8H,1-4H2/t5-,6+,7-,8+/m0/s1. The summed E-state index contributed by atoms with van der Waals surface area (Å²) in [6.07, 6.45) is 5.79. The van der Waals surface area contributed by atoms with Crippen molar-refractivity contribution in [3.05, 3.63) is 0 Å². The lowest BCUT2D eigenvalue weighted by atomic mass is 9.87. The van der Waals surface area contributed by atoms with Gasteiger partial charge in [-0.1, -0.05) is 0 Å². The minimum Gasteiger partial charge on any atom is -0.373 e. The van der Waals surface area contributed by atoms with Crippen LogP contribution in [0.4, 0.5) is 0 Å². The number of hydrogen-bond acceptors (Lipinski definition) is 2. The van der Waals surface area contributed by atoms with Crippen LogP contribution in [-0.2, 0) is 9.47 Å². The number of hydrogen-bond donors (Lipinski definition) is 0. The fourth-order valence-electron chi connectivity index (χ4n) is 2.10. The van der Waals surface area contributed by atoms with E-state index < -0.39 is 0 Å². The number of ether oxygens (including phenoxy) is 2. The Hall–Kier alpha value is -0.0800. The largest absolute Gasteiger partial charge is 0.373 e. The van der Waals surface area contributed by atoms with Crippen molar-refractivity contribution in [2.24, 2.45) is 5.92 Å². The molecule has 3 aliphatic rings. The topological polar surface area (TPSA) is 25.1 Å². The van der Waals surface area contributed by atoms with E-state index in [2.05, 4.69) is 0 Å². The van der Waals surface area contributed by atoms with Crippen LogP contribution in [0.5, 0.6) is 0 Å². The van der Waals surface area contributed by atoms with E-state index in [1.54, 1.807) is 0 Å². The molecular weight excluding hydrogens is 128 g/mol. The predicted octanol–water partition coefficient (Wildman–Crippen LogP) is 0.953. The van der Waals surface area contributed by atoms with Crippen LogP contribution in [0.25, 0.3) is 0 Å². The van der Waals surface area contributed by atoms with Gasteiger partial charge >= 0.3 is 0 Å². The van der Waals surface area contributed by atoms with Crippen molar-refractivity contribution in [2.45, 2.75) is 37.6 Å². The van der Waals surface area contributed by atoms with Crippen molar-refractivity contribution in [1.29, 1.82) is 0 Å². The Morgan fingerprint density at radius 1 is 1.00 bits per heavy atom. The first-order chi connectivity index (χ1) is 4.93. The zero-order valence-corrected chi connectivity index (χ0v) is 5.95. The molecule has 2 aliphatic heterocycles. The Morgan fingerprint density at radius 2 is 1.90 bits per heavy atom. The first-order valence-electron chi connectivity index (χ1n) is 4.20. The lowest BCUT2D eigenvalue weighted by Crippen LogP contribution is -2.17. The van der Waals surface area contributed by atoms with E-state index in [0.29, 0.717) is 18.3 Å². The van der Waals surface area contributed by atoms with Gasteiger partial charge in [-0.2, -0.15) is 0 Å². The summed E-state index contributed by atoms with van der Waals surface area (Å²) in [5.41, 5.74) is 0. The van der Waals surface area contributed by atoms with Crippen LogP contribution in [-0.4, -0.2) is 24.9 Å². The second-order valence-corrected chi connectivity index (χ2v) is 3.66. The Balaban J connectivity index is 1.65. The summed E-state index contributed by atoms with van der Waals surface area (Å²) in [5, 5.41) is 0. The normalized spacial score (nSPS) is 57.6. The van der Waals surface area contributed by atoms with E-state index in [9.17, 15) is 0 Å². The summed E-state index contributed by atoms with van der Waals surface area (Å²) in [6.45, 7) is 1.02. The molecule has 0 bridgehead atoms. The van der Waals surface area contributed by atoms with E-state index in [4.69, 9.17) is 9.47 Å². The molecule has 3 rings (SSSR count). The molecular formula is C8H12O2. The van der Waals surface area contributed by atoms with Crippen molar-refractivity contribution in [2.75, 3.05) is 6.61 Å². The molecule has 1 saturated carbocycles. The van der Waals surface area contributed by atoms with Gasteiger partial charge in [0, 0.05) is 0 Å². The summed E-state index contributed by atoms with van der Waals surface area (Å²) in [5.74, 6) is 0.837. The first kappa shape index (κ1) is 5.56. The zero-order valence-electron chi connectivity index (χ0n) is 5.95. The second-order valence-electron chi connectivity index (χ2n) is 3.66. The molecule has 1 aliphatic carbocycles. The summed E-state index contributed by atoms with van der Waals surface area (Å²) < 4.78 is 10.7. The molecule has 2 heterocycles. The molecule has 0 aromatic heterocycles. The Kier molecular flexibility index (Phi) is 0.968. The van der Waals surface area contributed by atoms with E-state index in [1.807, 2.05) is 0 Å². The lowest BCUT2D eigenvalue weighted by Gasteiger charge is -2.15. The lowest BCUT2D eigenvalue weighted by molar-refractivity contribution is 0.279. The monoisotopic (exact) mass is 140 g/mol. The van der Waals surface area contributed by atoms with Crippen LogP contribution < -0.4 is 0 Å². The minimum atomic E-state index is 0.616. The fraction of sp³-hybridized carbons (Fsp3) is 1.00. The molecule has 2 heteroatoms. The summed E-state index contributed by atoms with van der Waals surface area (Å²) in [6, 6.07) is 0. The molecule has 0 unspecified atom stereocenters.